The van der Waals surface area contributed by atoms with E-state index in [2.05, 4.69) is 5.32 Å². The lowest BCUT2D eigenvalue weighted by molar-refractivity contribution is 0.100. The SMILES string of the molecule is CN(c1ccccc1)S(=O)(=O)c1ccc(C(=O)Nc2sccc2C(N)=O)cc1. The molecule has 0 bridgehead atoms. The van der Waals surface area contributed by atoms with Crippen molar-refractivity contribution >= 4 is 43.9 Å². The molecule has 0 radical (unpaired) electrons. The summed E-state index contributed by atoms with van der Waals surface area (Å²) >= 11 is 1.17. The summed E-state index contributed by atoms with van der Waals surface area (Å²) in [7, 11) is -2.29. The Hall–Kier alpha value is -3.17. The third-order valence-corrected chi connectivity index (χ3v) is 6.68. The van der Waals surface area contributed by atoms with Gasteiger partial charge in [0.15, 0.2) is 0 Å². The first-order valence-corrected chi connectivity index (χ1v) is 10.5. The molecule has 0 saturated carbocycles. The van der Waals surface area contributed by atoms with Gasteiger partial charge in [-0.3, -0.25) is 13.9 Å². The van der Waals surface area contributed by atoms with Gasteiger partial charge in [0.25, 0.3) is 21.8 Å². The molecule has 0 saturated heterocycles. The van der Waals surface area contributed by atoms with Crippen LogP contribution in [0.4, 0.5) is 10.7 Å². The van der Waals surface area contributed by atoms with E-state index in [0.29, 0.717) is 10.7 Å². The second-order valence-corrected chi connectivity index (χ2v) is 8.70. The first-order valence-electron chi connectivity index (χ1n) is 8.13. The number of sulfonamides is 1. The van der Waals surface area contributed by atoms with Crippen LogP contribution in [0.3, 0.4) is 0 Å². The van der Waals surface area contributed by atoms with Crippen LogP contribution in [0.15, 0.2) is 70.9 Å². The van der Waals surface area contributed by atoms with Crippen LogP contribution >= 0.6 is 11.3 Å². The predicted octanol–water partition coefficient (Wildman–Crippen LogP) is 2.92. The number of primary amides is 1. The van der Waals surface area contributed by atoms with Crippen LogP contribution in [0.5, 0.6) is 0 Å². The number of benzene rings is 2. The summed E-state index contributed by atoms with van der Waals surface area (Å²) in [5.41, 5.74) is 6.27. The van der Waals surface area contributed by atoms with E-state index in [1.54, 1.807) is 35.7 Å². The van der Waals surface area contributed by atoms with Gasteiger partial charge in [-0.1, -0.05) is 18.2 Å². The summed E-state index contributed by atoms with van der Waals surface area (Å²) in [5, 5.41) is 4.60. The average Bonchev–Trinajstić information content (AvgIpc) is 3.16. The number of amides is 2. The Morgan fingerprint density at radius 3 is 2.25 bits per heavy atom. The number of hydrogen-bond acceptors (Lipinski definition) is 5. The summed E-state index contributed by atoms with van der Waals surface area (Å²) in [6.45, 7) is 0. The van der Waals surface area contributed by atoms with Crippen LogP contribution in [0.25, 0.3) is 0 Å². The van der Waals surface area contributed by atoms with Gasteiger partial charge in [-0.05, 0) is 47.8 Å². The number of hydrogen-bond donors (Lipinski definition) is 2. The number of carbonyl (C=O) groups is 2. The van der Waals surface area contributed by atoms with E-state index in [1.807, 2.05) is 0 Å². The molecule has 1 aromatic heterocycles. The van der Waals surface area contributed by atoms with Crippen molar-refractivity contribution in [2.75, 3.05) is 16.7 Å². The second-order valence-electron chi connectivity index (χ2n) is 5.81. The molecular weight excluding hydrogens is 398 g/mol. The van der Waals surface area contributed by atoms with Crippen molar-refractivity contribution in [2.24, 2.45) is 5.73 Å². The molecule has 3 aromatic rings. The lowest BCUT2D eigenvalue weighted by Gasteiger charge is -2.19. The minimum absolute atomic E-state index is 0.0596. The number of anilines is 2. The molecular formula is C19H17N3O4S2. The minimum Gasteiger partial charge on any atom is -0.366 e. The maximum absolute atomic E-state index is 12.8. The zero-order chi connectivity index (χ0) is 20.3. The van der Waals surface area contributed by atoms with Crippen LogP contribution in [-0.4, -0.2) is 27.3 Å². The fourth-order valence-electron chi connectivity index (χ4n) is 2.49. The van der Waals surface area contributed by atoms with Crippen molar-refractivity contribution in [3.63, 3.8) is 0 Å². The Morgan fingerprint density at radius 2 is 1.64 bits per heavy atom. The molecule has 3 N–H and O–H groups in total. The first-order chi connectivity index (χ1) is 13.3. The minimum atomic E-state index is -3.76. The molecule has 3 rings (SSSR count). The van der Waals surface area contributed by atoms with Crippen molar-refractivity contribution in [3.8, 4) is 0 Å². The maximum Gasteiger partial charge on any atom is 0.264 e. The largest absolute Gasteiger partial charge is 0.366 e. The zero-order valence-electron chi connectivity index (χ0n) is 14.8. The number of carbonyl (C=O) groups excluding carboxylic acids is 2. The Balaban J connectivity index is 1.80. The summed E-state index contributed by atoms with van der Waals surface area (Å²) in [6, 6.07) is 15.8. The molecule has 9 heteroatoms. The molecule has 0 unspecified atom stereocenters. The topological polar surface area (TPSA) is 110 Å². The van der Waals surface area contributed by atoms with Crippen molar-refractivity contribution < 1.29 is 18.0 Å². The second kappa shape index (κ2) is 7.83. The number of nitrogens with zero attached hydrogens (tertiary/aromatic N) is 1. The van der Waals surface area contributed by atoms with Gasteiger partial charge in [-0.15, -0.1) is 11.3 Å². The fourth-order valence-corrected chi connectivity index (χ4v) is 4.47. The Bertz CT molecular complexity index is 1110. The van der Waals surface area contributed by atoms with Crippen molar-refractivity contribution in [1.29, 1.82) is 0 Å². The highest BCUT2D eigenvalue weighted by Crippen LogP contribution is 2.25. The van der Waals surface area contributed by atoms with Gasteiger partial charge in [0.05, 0.1) is 16.1 Å². The molecule has 0 aliphatic heterocycles. The molecule has 28 heavy (non-hydrogen) atoms. The van der Waals surface area contributed by atoms with E-state index in [0.717, 1.165) is 0 Å². The fraction of sp³-hybridized carbons (Fsp3) is 0.0526. The van der Waals surface area contributed by atoms with Crippen molar-refractivity contribution in [3.05, 3.63) is 77.2 Å². The van der Waals surface area contributed by atoms with Gasteiger partial charge in [-0.2, -0.15) is 0 Å². The summed E-state index contributed by atoms with van der Waals surface area (Å²) in [6.07, 6.45) is 0. The lowest BCUT2D eigenvalue weighted by Crippen LogP contribution is -2.26. The highest BCUT2D eigenvalue weighted by Gasteiger charge is 2.22. The van der Waals surface area contributed by atoms with Crippen molar-refractivity contribution in [1.82, 2.24) is 0 Å². The predicted molar refractivity (Wildman–Crippen MR) is 109 cm³/mol. The van der Waals surface area contributed by atoms with E-state index >= 15 is 0 Å². The zero-order valence-corrected chi connectivity index (χ0v) is 16.5. The molecule has 2 amide bonds. The first kappa shape index (κ1) is 19.6. The number of rotatable bonds is 6. The molecule has 0 fully saturated rings. The number of nitrogens with two attached hydrogens (primary N) is 1. The molecule has 1 heterocycles. The molecule has 144 valence electrons. The molecule has 2 aromatic carbocycles. The summed E-state index contributed by atoms with van der Waals surface area (Å²) < 4.78 is 26.7. The number of nitrogens with one attached hydrogen (secondary N) is 1. The van der Waals surface area contributed by atoms with Gasteiger partial charge >= 0.3 is 0 Å². The van der Waals surface area contributed by atoms with Gasteiger partial charge in [0.1, 0.15) is 5.00 Å². The van der Waals surface area contributed by atoms with Gasteiger partial charge in [0.2, 0.25) is 0 Å². The highest BCUT2D eigenvalue weighted by molar-refractivity contribution is 7.92. The summed E-state index contributed by atoms with van der Waals surface area (Å²) in [5.74, 6) is -1.10. The number of thiophene rings is 1. The van der Waals surface area contributed by atoms with Gasteiger partial charge in [-0.25, -0.2) is 8.42 Å². The molecule has 0 aliphatic carbocycles. The number of para-hydroxylation sites is 1. The van der Waals surface area contributed by atoms with Gasteiger partial charge < -0.3 is 11.1 Å². The third-order valence-electron chi connectivity index (χ3n) is 4.05. The van der Waals surface area contributed by atoms with Crippen LogP contribution in [0.1, 0.15) is 20.7 Å². The quantitative estimate of drug-likeness (QED) is 0.645. The van der Waals surface area contributed by atoms with E-state index in [1.165, 1.54) is 53.0 Å². The Labute approximate surface area is 166 Å². The van der Waals surface area contributed by atoms with Crippen LogP contribution in [-0.2, 0) is 10.0 Å². The van der Waals surface area contributed by atoms with Crippen LogP contribution in [0, 0.1) is 0 Å². The molecule has 0 atom stereocenters. The molecule has 0 aliphatic rings. The maximum atomic E-state index is 12.8. The summed E-state index contributed by atoms with van der Waals surface area (Å²) in [4.78, 5) is 23.8. The van der Waals surface area contributed by atoms with E-state index in [-0.39, 0.29) is 16.0 Å². The van der Waals surface area contributed by atoms with E-state index in [9.17, 15) is 18.0 Å². The normalized spacial score (nSPS) is 11.0. The van der Waals surface area contributed by atoms with E-state index in [4.69, 9.17) is 5.73 Å². The van der Waals surface area contributed by atoms with Crippen LogP contribution in [0.2, 0.25) is 0 Å². The van der Waals surface area contributed by atoms with E-state index < -0.39 is 21.8 Å². The smallest absolute Gasteiger partial charge is 0.264 e. The Morgan fingerprint density at radius 1 is 1.00 bits per heavy atom. The third kappa shape index (κ3) is 3.90. The molecule has 7 nitrogen and oxygen atoms in total. The van der Waals surface area contributed by atoms with Crippen molar-refractivity contribution in [2.45, 2.75) is 4.90 Å². The van der Waals surface area contributed by atoms with Gasteiger partial charge in [0, 0.05) is 12.6 Å². The standard InChI is InChI=1S/C19H17N3O4S2/c1-22(14-5-3-2-4-6-14)28(25,26)15-9-7-13(8-10-15)18(24)21-19-16(17(20)23)11-12-27-19/h2-12H,1H3,(H2,20,23)(H,21,24). The molecule has 0 spiro atoms. The highest BCUT2D eigenvalue weighted by atomic mass is 32.2. The Kier molecular flexibility index (Phi) is 5.48. The van der Waals surface area contributed by atoms with Crippen LogP contribution < -0.4 is 15.4 Å². The lowest BCUT2D eigenvalue weighted by atomic mass is 10.2. The average molecular weight is 415 g/mol. The monoisotopic (exact) mass is 415 g/mol.